The third-order valence-corrected chi connectivity index (χ3v) is 2.29. The van der Waals surface area contributed by atoms with Crippen LogP contribution in [0, 0.1) is 5.82 Å². The molecule has 0 bridgehead atoms. The molecule has 1 aromatic carbocycles. The van der Waals surface area contributed by atoms with Gasteiger partial charge in [0.25, 0.3) is 0 Å². The van der Waals surface area contributed by atoms with Gasteiger partial charge in [-0.15, -0.1) is 0 Å². The molecule has 82 valence electrons. The Bertz CT molecular complexity index is 476. The average molecular weight is 238 g/mol. The smallest absolute Gasteiger partial charge is 0.222 e. The number of rotatable bonds is 3. The first-order chi connectivity index (χ1) is 7.75. The van der Waals surface area contributed by atoms with Crippen LogP contribution in [-0.4, -0.2) is 9.97 Å². The van der Waals surface area contributed by atoms with E-state index in [-0.39, 0.29) is 5.02 Å². The van der Waals surface area contributed by atoms with Crippen LogP contribution in [0.2, 0.25) is 5.02 Å². The molecule has 0 saturated carbocycles. The number of nitrogens with one attached hydrogen (secondary N) is 1. The van der Waals surface area contributed by atoms with Crippen molar-refractivity contribution >= 4 is 17.5 Å². The lowest BCUT2D eigenvalue weighted by Gasteiger charge is -2.04. The molecule has 2 rings (SSSR count). The van der Waals surface area contributed by atoms with Gasteiger partial charge in [0.1, 0.15) is 5.82 Å². The fourth-order valence-corrected chi connectivity index (χ4v) is 1.42. The zero-order chi connectivity index (χ0) is 11.4. The van der Waals surface area contributed by atoms with Crippen LogP contribution in [-0.2, 0) is 6.54 Å². The van der Waals surface area contributed by atoms with Crippen molar-refractivity contribution in [1.29, 1.82) is 0 Å². The highest BCUT2D eigenvalue weighted by atomic mass is 35.5. The van der Waals surface area contributed by atoms with E-state index in [0.29, 0.717) is 12.5 Å². The van der Waals surface area contributed by atoms with E-state index < -0.39 is 5.82 Å². The van der Waals surface area contributed by atoms with Gasteiger partial charge < -0.3 is 5.32 Å². The number of aromatic nitrogens is 2. The van der Waals surface area contributed by atoms with E-state index in [1.165, 1.54) is 6.07 Å². The van der Waals surface area contributed by atoms with E-state index in [0.717, 1.165) is 5.56 Å². The van der Waals surface area contributed by atoms with E-state index in [9.17, 15) is 4.39 Å². The summed E-state index contributed by atoms with van der Waals surface area (Å²) in [6, 6.07) is 6.31. The lowest BCUT2D eigenvalue weighted by molar-refractivity contribution is 0.627. The standard InChI is InChI=1S/C11H9ClFN3/c12-9-6-8(2-3-10(9)13)7-16-11-14-4-1-5-15-11/h1-6H,7H2,(H,14,15,16). The number of hydrogen-bond acceptors (Lipinski definition) is 3. The molecule has 0 atom stereocenters. The maximum Gasteiger partial charge on any atom is 0.222 e. The summed E-state index contributed by atoms with van der Waals surface area (Å²) in [7, 11) is 0. The molecule has 3 nitrogen and oxygen atoms in total. The Labute approximate surface area is 97.3 Å². The van der Waals surface area contributed by atoms with Gasteiger partial charge in [0.05, 0.1) is 5.02 Å². The topological polar surface area (TPSA) is 37.8 Å². The summed E-state index contributed by atoms with van der Waals surface area (Å²) in [6.45, 7) is 0.504. The second-order valence-electron chi connectivity index (χ2n) is 3.17. The predicted molar refractivity (Wildman–Crippen MR) is 60.8 cm³/mol. The van der Waals surface area contributed by atoms with Crippen molar-refractivity contribution in [2.45, 2.75) is 6.54 Å². The van der Waals surface area contributed by atoms with Crippen LogP contribution in [0.5, 0.6) is 0 Å². The molecular formula is C11H9ClFN3. The molecule has 5 heteroatoms. The van der Waals surface area contributed by atoms with Gasteiger partial charge in [-0.2, -0.15) is 0 Å². The Morgan fingerprint density at radius 1 is 1.25 bits per heavy atom. The highest BCUT2D eigenvalue weighted by molar-refractivity contribution is 6.30. The van der Waals surface area contributed by atoms with Crippen molar-refractivity contribution in [3.63, 3.8) is 0 Å². The molecule has 0 radical (unpaired) electrons. The van der Waals surface area contributed by atoms with Gasteiger partial charge in [-0.3, -0.25) is 0 Å². The van der Waals surface area contributed by atoms with Crippen molar-refractivity contribution in [2.24, 2.45) is 0 Å². The third-order valence-electron chi connectivity index (χ3n) is 2.00. The summed E-state index contributed by atoms with van der Waals surface area (Å²) < 4.78 is 12.9. The summed E-state index contributed by atoms with van der Waals surface area (Å²) >= 11 is 5.66. The number of anilines is 1. The molecule has 0 aliphatic heterocycles. The van der Waals surface area contributed by atoms with Crippen LogP contribution in [0.3, 0.4) is 0 Å². The van der Waals surface area contributed by atoms with Crippen LogP contribution < -0.4 is 5.32 Å². The lowest BCUT2D eigenvalue weighted by atomic mass is 10.2. The molecular weight excluding hydrogens is 229 g/mol. The Balaban J connectivity index is 2.03. The number of nitrogens with zero attached hydrogens (tertiary/aromatic N) is 2. The normalized spacial score (nSPS) is 10.1. The minimum atomic E-state index is -0.415. The number of benzene rings is 1. The van der Waals surface area contributed by atoms with Crippen LogP contribution in [0.25, 0.3) is 0 Å². The minimum Gasteiger partial charge on any atom is -0.350 e. The van der Waals surface area contributed by atoms with Crippen molar-refractivity contribution in [2.75, 3.05) is 5.32 Å². The summed E-state index contributed by atoms with van der Waals surface area (Å²) in [6.07, 6.45) is 3.29. The zero-order valence-electron chi connectivity index (χ0n) is 8.32. The SMILES string of the molecule is Fc1ccc(CNc2ncccn2)cc1Cl. The minimum absolute atomic E-state index is 0.119. The van der Waals surface area contributed by atoms with Crippen molar-refractivity contribution < 1.29 is 4.39 Å². The van der Waals surface area contributed by atoms with Crippen molar-refractivity contribution in [3.8, 4) is 0 Å². The van der Waals surface area contributed by atoms with Gasteiger partial charge in [-0.25, -0.2) is 14.4 Å². The second-order valence-corrected chi connectivity index (χ2v) is 3.58. The Kier molecular flexibility index (Phi) is 3.31. The first kappa shape index (κ1) is 10.8. The molecule has 0 spiro atoms. The van der Waals surface area contributed by atoms with Gasteiger partial charge in [-0.1, -0.05) is 17.7 Å². The molecule has 0 fully saturated rings. The fraction of sp³-hybridized carbons (Fsp3) is 0.0909. The molecule has 2 aromatic rings. The summed E-state index contributed by atoms with van der Waals surface area (Å²) in [5, 5.41) is 3.12. The van der Waals surface area contributed by atoms with E-state index >= 15 is 0 Å². The second kappa shape index (κ2) is 4.90. The lowest BCUT2D eigenvalue weighted by Crippen LogP contribution is -2.02. The maximum absolute atomic E-state index is 12.9. The first-order valence-electron chi connectivity index (χ1n) is 4.70. The maximum atomic E-state index is 12.9. The largest absolute Gasteiger partial charge is 0.350 e. The van der Waals surface area contributed by atoms with Gasteiger partial charge in [0, 0.05) is 18.9 Å². The van der Waals surface area contributed by atoms with Gasteiger partial charge >= 0.3 is 0 Å². The van der Waals surface area contributed by atoms with Crippen LogP contribution in [0.4, 0.5) is 10.3 Å². The van der Waals surface area contributed by atoms with E-state index in [4.69, 9.17) is 11.6 Å². The van der Waals surface area contributed by atoms with E-state index in [1.54, 1.807) is 30.6 Å². The molecule has 0 unspecified atom stereocenters. The Morgan fingerprint density at radius 2 is 2.00 bits per heavy atom. The average Bonchev–Trinajstić information content (AvgIpc) is 2.32. The predicted octanol–water partition coefficient (Wildman–Crippen LogP) is 2.88. The van der Waals surface area contributed by atoms with Crippen LogP contribution in [0.1, 0.15) is 5.56 Å². The summed E-state index contributed by atoms with van der Waals surface area (Å²) in [4.78, 5) is 8.01. The molecule has 0 aliphatic carbocycles. The van der Waals surface area contributed by atoms with Crippen molar-refractivity contribution in [3.05, 3.63) is 53.1 Å². The summed E-state index contributed by atoms with van der Waals surface area (Å²) in [5.74, 6) is 0.115. The Morgan fingerprint density at radius 3 is 2.69 bits per heavy atom. The van der Waals surface area contributed by atoms with E-state index in [1.807, 2.05) is 0 Å². The highest BCUT2D eigenvalue weighted by Crippen LogP contribution is 2.16. The van der Waals surface area contributed by atoms with Gasteiger partial charge in [0.15, 0.2) is 0 Å². The zero-order valence-corrected chi connectivity index (χ0v) is 9.08. The number of hydrogen-bond donors (Lipinski definition) is 1. The van der Waals surface area contributed by atoms with Crippen molar-refractivity contribution in [1.82, 2.24) is 9.97 Å². The van der Waals surface area contributed by atoms with Crippen LogP contribution >= 0.6 is 11.6 Å². The molecule has 1 aromatic heterocycles. The fourth-order valence-electron chi connectivity index (χ4n) is 1.22. The molecule has 1 N–H and O–H groups in total. The van der Waals surface area contributed by atoms with Crippen LogP contribution in [0.15, 0.2) is 36.7 Å². The van der Waals surface area contributed by atoms with Gasteiger partial charge in [0.2, 0.25) is 5.95 Å². The molecule has 0 saturated heterocycles. The molecule has 0 aliphatic rings. The quantitative estimate of drug-likeness (QED) is 0.892. The third kappa shape index (κ3) is 2.67. The first-order valence-corrected chi connectivity index (χ1v) is 5.08. The highest BCUT2D eigenvalue weighted by Gasteiger charge is 2.01. The Hall–Kier alpha value is -1.68. The monoisotopic (exact) mass is 237 g/mol. The van der Waals surface area contributed by atoms with E-state index in [2.05, 4.69) is 15.3 Å². The molecule has 16 heavy (non-hydrogen) atoms. The molecule has 0 amide bonds. The summed E-state index contributed by atoms with van der Waals surface area (Å²) in [5.41, 5.74) is 0.874. The molecule has 1 heterocycles. The number of halogens is 2. The van der Waals surface area contributed by atoms with Gasteiger partial charge in [-0.05, 0) is 23.8 Å².